The van der Waals surface area contributed by atoms with Crippen LogP contribution in [0.25, 0.3) is 5.69 Å². The molecule has 1 aliphatic rings. The van der Waals surface area contributed by atoms with Crippen LogP contribution >= 0.6 is 11.8 Å². The summed E-state index contributed by atoms with van der Waals surface area (Å²) < 4.78 is 6.64. The molecular weight excluding hydrogens is 286 g/mol. The summed E-state index contributed by atoms with van der Waals surface area (Å²) in [7, 11) is 1.39. The lowest BCUT2D eigenvalue weighted by molar-refractivity contribution is -0.139. The van der Waals surface area contributed by atoms with Gasteiger partial charge >= 0.3 is 5.97 Å². The predicted octanol–water partition coefficient (Wildman–Crippen LogP) is 2.80. The highest BCUT2D eigenvalue weighted by Gasteiger charge is 2.31. The Labute approximate surface area is 127 Å². The van der Waals surface area contributed by atoms with Gasteiger partial charge in [-0.3, -0.25) is 4.79 Å². The summed E-state index contributed by atoms with van der Waals surface area (Å²) in [4.78, 5) is 16.1. The molecule has 1 aromatic carbocycles. The quantitative estimate of drug-likeness (QED) is 0.628. The van der Waals surface area contributed by atoms with E-state index < -0.39 is 0 Å². The van der Waals surface area contributed by atoms with Crippen molar-refractivity contribution in [3.63, 3.8) is 0 Å². The fourth-order valence-electron chi connectivity index (χ4n) is 2.09. The summed E-state index contributed by atoms with van der Waals surface area (Å²) in [5.74, 6) is 1.21. The van der Waals surface area contributed by atoms with Gasteiger partial charge in [-0.05, 0) is 31.9 Å². The van der Waals surface area contributed by atoms with Crippen molar-refractivity contribution in [2.75, 3.05) is 7.11 Å². The van der Waals surface area contributed by atoms with Crippen LogP contribution in [0.5, 0.6) is 0 Å². The fourth-order valence-corrected chi connectivity index (χ4v) is 2.88. The minimum absolute atomic E-state index is 0.260. The maximum atomic E-state index is 11.5. The number of methoxy groups -OCH3 is 1. The van der Waals surface area contributed by atoms with Crippen molar-refractivity contribution in [3.05, 3.63) is 36.2 Å². The van der Waals surface area contributed by atoms with Crippen LogP contribution < -0.4 is 0 Å². The second-order valence-electron chi connectivity index (χ2n) is 5.06. The number of para-hydroxylation sites is 1. The van der Waals surface area contributed by atoms with Gasteiger partial charge in [0.2, 0.25) is 5.16 Å². The van der Waals surface area contributed by atoms with Crippen LogP contribution in [-0.4, -0.2) is 33.1 Å². The zero-order chi connectivity index (χ0) is 14.8. The Morgan fingerprint density at radius 3 is 2.71 bits per heavy atom. The summed E-state index contributed by atoms with van der Waals surface area (Å²) in [6.07, 6.45) is 2.31. The van der Waals surface area contributed by atoms with Crippen LogP contribution in [-0.2, 0) is 9.53 Å². The van der Waals surface area contributed by atoms with Gasteiger partial charge in [-0.1, -0.05) is 30.0 Å². The van der Waals surface area contributed by atoms with Crippen LogP contribution in [0.2, 0.25) is 0 Å². The second kappa shape index (κ2) is 5.89. The first-order valence-electron chi connectivity index (χ1n) is 6.96. The Balaban J connectivity index is 1.88. The summed E-state index contributed by atoms with van der Waals surface area (Å²) in [5, 5.41) is 4.87. The maximum absolute atomic E-state index is 11.5. The number of carbonyl (C=O) groups excluding carboxylic acids is 1. The molecule has 5 nitrogen and oxygen atoms in total. The SMILES string of the molecule is COC(=O)[C@H](C)Sc1nc(C2CC2)n(-c2ccccc2)n1. The third kappa shape index (κ3) is 3.10. The van der Waals surface area contributed by atoms with E-state index in [1.165, 1.54) is 18.9 Å². The molecule has 0 saturated heterocycles. The molecule has 1 heterocycles. The molecule has 2 aromatic rings. The number of carbonyl (C=O) groups is 1. The lowest BCUT2D eigenvalue weighted by Gasteiger charge is -2.05. The van der Waals surface area contributed by atoms with Gasteiger partial charge < -0.3 is 4.74 Å². The average molecular weight is 303 g/mol. The Kier molecular flexibility index (Phi) is 3.96. The largest absolute Gasteiger partial charge is 0.468 e. The number of hydrogen-bond acceptors (Lipinski definition) is 5. The van der Waals surface area contributed by atoms with E-state index in [0.717, 1.165) is 24.4 Å². The Morgan fingerprint density at radius 2 is 2.10 bits per heavy atom. The smallest absolute Gasteiger partial charge is 0.318 e. The van der Waals surface area contributed by atoms with Crippen molar-refractivity contribution in [2.24, 2.45) is 0 Å². The van der Waals surface area contributed by atoms with Crippen LogP contribution in [0.3, 0.4) is 0 Å². The fraction of sp³-hybridized carbons (Fsp3) is 0.400. The Hall–Kier alpha value is -1.82. The molecule has 1 saturated carbocycles. The molecule has 110 valence electrons. The molecule has 1 fully saturated rings. The number of benzene rings is 1. The number of rotatable bonds is 5. The standard InChI is InChI=1S/C15H17N3O2S/c1-10(14(19)20-2)21-15-16-13(11-8-9-11)18(17-15)12-6-4-3-5-7-12/h3-7,10-11H,8-9H2,1-2H3/t10-/m0/s1. The summed E-state index contributed by atoms with van der Waals surface area (Å²) >= 11 is 1.33. The molecule has 1 aromatic heterocycles. The van der Waals surface area contributed by atoms with E-state index in [4.69, 9.17) is 4.74 Å². The zero-order valence-electron chi connectivity index (χ0n) is 12.0. The van der Waals surface area contributed by atoms with Crippen LogP contribution in [0, 0.1) is 0 Å². The van der Waals surface area contributed by atoms with Gasteiger partial charge in [-0.25, -0.2) is 9.67 Å². The molecule has 1 aliphatic carbocycles. The number of nitrogens with zero attached hydrogens (tertiary/aromatic N) is 3. The first-order valence-corrected chi connectivity index (χ1v) is 7.84. The molecule has 0 spiro atoms. The first-order chi connectivity index (χ1) is 10.2. The van der Waals surface area contributed by atoms with E-state index in [2.05, 4.69) is 10.1 Å². The molecule has 3 rings (SSSR count). The molecule has 0 bridgehead atoms. The molecule has 0 aliphatic heterocycles. The summed E-state index contributed by atoms with van der Waals surface area (Å²) in [6, 6.07) is 9.97. The van der Waals surface area contributed by atoms with Crippen molar-refractivity contribution in [3.8, 4) is 5.69 Å². The molecule has 0 unspecified atom stereocenters. The topological polar surface area (TPSA) is 57.0 Å². The van der Waals surface area contributed by atoms with Crippen LogP contribution in [0.4, 0.5) is 0 Å². The van der Waals surface area contributed by atoms with Gasteiger partial charge in [0.1, 0.15) is 11.1 Å². The highest BCUT2D eigenvalue weighted by molar-refractivity contribution is 8.00. The summed E-state index contributed by atoms with van der Waals surface area (Å²) in [6.45, 7) is 1.80. The maximum Gasteiger partial charge on any atom is 0.318 e. The van der Waals surface area contributed by atoms with E-state index in [0.29, 0.717) is 11.1 Å². The van der Waals surface area contributed by atoms with Gasteiger partial charge in [0.15, 0.2) is 0 Å². The average Bonchev–Trinajstić information content (AvgIpc) is 3.28. The molecular formula is C15H17N3O2S. The molecule has 0 radical (unpaired) electrons. The van der Waals surface area contributed by atoms with Gasteiger partial charge in [0.05, 0.1) is 12.8 Å². The van der Waals surface area contributed by atoms with Crippen molar-refractivity contribution in [1.82, 2.24) is 14.8 Å². The van der Waals surface area contributed by atoms with E-state index in [1.54, 1.807) is 6.92 Å². The third-order valence-electron chi connectivity index (χ3n) is 3.37. The van der Waals surface area contributed by atoms with Gasteiger partial charge in [0.25, 0.3) is 0 Å². The number of hydrogen-bond donors (Lipinski definition) is 0. The van der Waals surface area contributed by atoms with Gasteiger partial charge in [-0.2, -0.15) is 0 Å². The predicted molar refractivity (Wildman–Crippen MR) is 80.7 cm³/mol. The second-order valence-corrected chi connectivity index (χ2v) is 6.37. The van der Waals surface area contributed by atoms with E-state index >= 15 is 0 Å². The monoisotopic (exact) mass is 303 g/mol. The van der Waals surface area contributed by atoms with Gasteiger partial charge in [0, 0.05) is 5.92 Å². The van der Waals surface area contributed by atoms with E-state index in [-0.39, 0.29) is 11.2 Å². The van der Waals surface area contributed by atoms with Crippen molar-refractivity contribution in [1.29, 1.82) is 0 Å². The van der Waals surface area contributed by atoms with E-state index in [9.17, 15) is 4.79 Å². The minimum atomic E-state index is -0.311. The van der Waals surface area contributed by atoms with Crippen LogP contribution in [0.1, 0.15) is 31.5 Å². The molecule has 0 amide bonds. The summed E-state index contributed by atoms with van der Waals surface area (Å²) in [5.41, 5.74) is 1.00. The number of aromatic nitrogens is 3. The minimum Gasteiger partial charge on any atom is -0.468 e. The Morgan fingerprint density at radius 1 is 1.38 bits per heavy atom. The number of esters is 1. The number of thioether (sulfide) groups is 1. The highest BCUT2D eigenvalue weighted by Crippen LogP contribution is 2.40. The normalized spacial score (nSPS) is 15.7. The zero-order valence-corrected chi connectivity index (χ0v) is 12.8. The lowest BCUT2D eigenvalue weighted by atomic mass is 10.3. The lowest BCUT2D eigenvalue weighted by Crippen LogP contribution is -2.14. The van der Waals surface area contributed by atoms with Crippen molar-refractivity contribution >= 4 is 17.7 Å². The van der Waals surface area contributed by atoms with E-state index in [1.807, 2.05) is 35.0 Å². The Bertz CT molecular complexity index is 638. The van der Waals surface area contributed by atoms with Crippen molar-refractivity contribution in [2.45, 2.75) is 36.1 Å². The number of ether oxygens (including phenoxy) is 1. The molecule has 1 atom stereocenters. The van der Waals surface area contributed by atoms with Gasteiger partial charge in [-0.15, -0.1) is 5.10 Å². The highest BCUT2D eigenvalue weighted by atomic mass is 32.2. The first kappa shape index (κ1) is 14.1. The van der Waals surface area contributed by atoms with Crippen LogP contribution in [0.15, 0.2) is 35.5 Å². The third-order valence-corrected chi connectivity index (χ3v) is 4.30. The molecule has 6 heteroatoms. The van der Waals surface area contributed by atoms with Crippen molar-refractivity contribution < 1.29 is 9.53 Å². The molecule has 21 heavy (non-hydrogen) atoms. The molecule has 0 N–H and O–H groups in total.